The first-order chi connectivity index (χ1) is 16.9. The number of aryl methyl sites for hydroxylation is 1. The first-order valence-electron chi connectivity index (χ1n) is 11.9. The number of amides is 2. The predicted molar refractivity (Wildman–Crippen MR) is 143 cm³/mol. The standard InChI is InChI=1S/C29H33BrN2O3/c1-4-22(3)31-29(34)27(18-23-8-6-5-7-9-23)32(19-24-12-10-21(2)11-13-24)28(33)20-35-26-16-14-25(30)15-17-26/h5-17,22,27H,4,18-20H2,1-3H3,(H,31,34)/t22-,27+/m1/s1. The molecule has 3 aromatic rings. The highest BCUT2D eigenvalue weighted by atomic mass is 79.9. The van der Waals surface area contributed by atoms with Crippen LogP contribution in [-0.4, -0.2) is 35.4 Å². The summed E-state index contributed by atoms with van der Waals surface area (Å²) in [4.78, 5) is 28.7. The summed E-state index contributed by atoms with van der Waals surface area (Å²) >= 11 is 3.41. The van der Waals surface area contributed by atoms with E-state index >= 15 is 0 Å². The maximum absolute atomic E-state index is 13.6. The molecular weight excluding hydrogens is 504 g/mol. The van der Waals surface area contributed by atoms with Crippen molar-refractivity contribution in [1.82, 2.24) is 10.2 Å². The molecule has 0 saturated heterocycles. The minimum atomic E-state index is -0.672. The fraction of sp³-hybridized carbons (Fsp3) is 0.310. The average molecular weight is 537 g/mol. The number of halogens is 1. The van der Waals surface area contributed by atoms with E-state index in [1.165, 1.54) is 0 Å². The quantitative estimate of drug-likeness (QED) is 0.342. The van der Waals surface area contributed by atoms with E-state index in [-0.39, 0.29) is 24.5 Å². The van der Waals surface area contributed by atoms with Crippen LogP contribution >= 0.6 is 15.9 Å². The smallest absolute Gasteiger partial charge is 0.261 e. The van der Waals surface area contributed by atoms with Gasteiger partial charge in [-0.1, -0.05) is 83.0 Å². The molecule has 0 unspecified atom stereocenters. The maximum Gasteiger partial charge on any atom is 0.261 e. The second-order valence-electron chi connectivity index (χ2n) is 8.77. The van der Waals surface area contributed by atoms with Crippen molar-refractivity contribution >= 4 is 27.7 Å². The Bertz CT molecular complexity index is 1090. The van der Waals surface area contributed by atoms with Gasteiger partial charge < -0.3 is 15.0 Å². The molecule has 0 spiro atoms. The monoisotopic (exact) mass is 536 g/mol. The number of ether oxygens (including phenoxy) is 1. The third-order valence-corrected chi connectivity index (χ3v) is 6.45. The van der Waals surface area contributed by atoms with E-state index < -0.39 is 6.04 Å². The molecule has 0 aliphatic carbocycles. The maximum atomic E-state index is 13.6. The summed E-state index contributed by atoms with van der Waals surface area (Å²) in [5.41, 5.74) is 3.09. The van der Waals surface area contributed by atoms with E-state index in [4.69, 9.17) is 4.74 Å². The SMILES string of the molecule is CC[C@@H](C)NC(=O)[C@H](Cc1ccccc1)N(Cc1ccc(C)cc1)C(=O)COc1ccc(Br)cc1. The molecule has 0 aliphatic rings. The van der Waals surface area contributed by atoms with Crippen molar-refractivity contribution in [1.29, 1.82) is 0 Å². The lowest BCUT2D eigenvalue weighted by atomic mass is 10.0. The second-order valence-corrected chi connectivity index (χ2v) is 9.69. The molecule has 6 heteroatoms. The fourth-order valence-electron chi connectivity index (χ4n) is 3.64. The molecular formula is C29H33BrN2O3. The Hall–Kier alpha value is -3.12. The van der Waals surface area contributed by atoms with Crippen LogP contribution in [0.25, 0.3) is 0 Å². The molecule has 2 atom stereocenters. The van der Waals surface area contributed by atoms with Crippen molar-refractivity contribution in [2.45, 2.75) is 52.2 Å². The molecule has 0 heterocycles. The Morgan fingerprint density at radius 1 is 0.943 bits per heavy atom. The van der Waals surface area contributed by atoms with Gasteiger partial charge in [-0.05, 0) is 55.7 Å². The van der Waals surface area contributed by atoms with Gasteiger partial charge in [0, 0.05) is 23.5 Å². The lowest BCUT2D eigenvalue weighted by molar-refractivity contribution is -0.143. The molecule has 2 amide bonds. The molecule has 0 radical (unpaired) electrons. The molecule has 0 saturated carbocycles. The molecule has 0 aliphatic heterocycles. The highest BCUT2D eigenvalue weighted by molar-refractivity contribution is 9.10. The van der Waals surface area contributed by atoms with Crippen LogP contribution in [0, 0.1) is 6.92 Å². The van der Waals surface area contributed by atoms with E-state index in [1.54, 1.807) is 17.0 Å². The van der Waals surface area contributed by atoms with Crippen LogP contribution in [0.2, 0.25) is 0 Å². The Labute approximate surface area is 216 Å². The lowest BCUT2D eigenvalue weighted by Crippen LogP contribution is -2.53. The average Bonchev–Trinajstić information content (AvgIpc) is 2.87. The van der Waals surface area contributed by atoms with Crippen molar-refractivity contribution in [2.75, 3.05) is 6.61 Å². The van der Waals surface area contributed by atoms with Gasteiger partial charge in [-0.25, -0.2) is 0 Å². The van der Waals surface area contributed by atoms with E-state index in [0.29, 0.717) is 18.7 Å². The number of nitrogens with zero attached hydrogens (tertiary/aromatic N) is 1. The van der Waals surface area contributed by atoms with Crippen LogP contribution in [0.5, 0.6) is 5.75 Å². The van der Waals surface area contributed by atoms with Gasteiger partial charge in [0.05, 0.1) is 0 Å². The van der Waals surface area contributed by atoms with Crippen LogP contribution in [0.3, 0.4) is 0 Å². The third-order valence-electron chi connectivity index (χ3n) is 5.92. The lowest BCUT2D eigenvalue weighted by Gasteiger charge is -2.32. The highest BCUT2D eigenvalue weighted by Gasteiger charge is 2.31. The molecule has 1 N–H and O–H groups in total. The van der Waals surface area contributed by atoms with E-state index in [0.717, 1.165) is 27.6 Å². The van der Waals surface area contributed by atoms with Crippen LogP contribution in [0.15, 0.2) is 83.3 Å². The van der Waals surface area contributed by atoms with Crippen molar-refractivity contribution in [3.8, 4) is 5.75 Å². The molecule has 3 rings (SSSR count). The largest absolute Gasteiger partial charge is 0.484 e. The first-order valence-corrected chi connectivity index (χ1v) is 12.7. The van der Waals surface area contributed by atoms with Gasteiger partial charge in [-0.3, -0.25) is 9.59 Å². The summed E-state index contributed by atoms with van der Waals surface area (Å²) in [6.45, 7) is 6.18. The molecule has 0 fully saturated rings. The van der Waals surface area contributed by atoms with Gasteiger partial charge in [0.15, 0.2) is 6.61 Å². The molecule has 3 aromatic carbocycles. The minimum absolute atomic E-state index is 0.0103. The highest BCUT2D eigenvalue weighted by Crippen LogP contribution is 2.19. The molecule has 5 nitrogen and oxygen atoms in total. The Kier molecular flexibility index (Phi) is 9.91. The van der Waals surface area contributed by atoms with Gasteiger partial charge in [-0.15, -0.1) is 0 Å². The van der Waals surface area contributed by atoms with Gasteiger partial charge in [0.2, 0.25) is 5.91 Å². The van der Waals surface area contributed by atoms with E-state index in [2.05, 4.69) is 21.2 Å². The fourth-order valence-corrected chi connectivity index (χ4v) is 3.91. The normalized spacial score (nSPS) is 12.5. The van der Waals surface area contributed by atoms with Crippen molar-refractivity contribution in [2.24, 2.45) is 0 Å². The van der Waals surface area contributed by atoms with Gasteiger partial charge >= 0.3 is 0 Å². The van der Waals surface area contributed by atoms with Gasteiger partial charge in [0.1, 0.15) is 11.8 Å². The molecule has 0 aromatic heterocycles. The van der Waals surface area contributed by atoms with Crippen molar-refractivity contribution in [3.63, 3.8) is 0 Å². The molecule has 0 bridgehead atoms. The van der Waals surface area contributed by atoms with Crippen LogP contribution in [-0.2, 0) is 22.6 Å². The summed E-state index contributed by atoms with van der Waals surface area (Å²) < 4.78 is 6.73. The number of hydrogen-bond donors (Lipinski definition) is 1. The van der Waals surface area contributed by atoms with Crippen LogP contribution in [0.4, 0.5) is 0 Å². The summed E-state index contributed by atoms with van der Waals surface area (Å²) in [6.07, 6.45) is 1.22. The third kappa shape index (κ3) is 8.25. The number of benzene rings is 3. The zero-order valence-corrected chi connectivity index (χ0v) is 22.1. The zero-order valence-electron chi connectivity index (χ0n) is 20.5. The second kappa shape index (κ2) is 13.1. The Morgan fingerprint density at radius 2 is 1.60 bits per heavy atom. The predicted octanol–water partition coefficient (Wildman–Crippen LogP) is 5.69. The number of carbonyl (C=O) groups excluding carboxylic acids is 2. The zero-order chi connectivity index (χ0) is 25.2. The summed E-state index contributed by atoms with van der Waals surface area (Å²) in [6, 6.07) is 24.5. The van der Waals surface area contributed by atoms with Crippen LogP contribution in [0.1, 0.15) is 37.0 Å². The number of hydrogen-bond acceptors (Lipinski definition) is 3. The van der Waals surface area contributed by atoms with E-state index in [1.807, 2.05) is 87.5 Å². The van der Waals surface area contributed by atoms with Gasteiger partial charge in [-0.2, -0.15) is 0 Å². The molecule has 35 heavy (non-hydrogen) atoms. The first kappa shape index (κ1) is 26.5. The van der Waals surface area contributed by atoms with Crippen molar-refractivity contribution < 1.29 is 14.3 Å². The topological polar surface area (TPSA) is 58.6 Å². The number of rotatable bonds is 11. The summed E-state index contributed by atoms with van der Waals surface area (Å²) in [5, 5.41) is 3.08. The van der Waals surface area contributed by atoms with Gasteiger partial charge in [0.25, 0.3) is 5.91 Å². The Balaban J connectivity index is 1.89. The summed E-state index contributed by atoms with van der Waals surface area (Å²) in [7, 11) is 0. The Morgan fingerprint density at radius 3 is 2.23 bits per heavy atom. The van der Waals surface area contributed by atoms with Crippen LogP contribution < -0.4 is 10.1 Å². The van der Waals surface area contributed by atoms with E-state index in [9.17, 15) is 9.59 Å². The summed E-state index contributed by atoms with van der Waals surface area (Å²) in [5.74, 6) is 0.196. The van der Waals surface area contributed by atoms with Crippen molar-refractivity contribution in [3.05, 3.63) is 100 Å². The number of nitrogens with one attached hydrogen (secondary N) is 1. The molecule has 184 valence electrons. The minimum Gasteiger partial charge on any atom is -0.484 e. The number of carbonyl (C=O) groups is 2.